The van der Waals surface area contributed by atoms with Crippen LogP contribution in [0.2, 0.25) is 0 Å². The first kappa shape index (κ1) is 15.7. The molecule has 0 fully saturated rings. The molecule has 0 saturated heterocycles. The van der Waals surface area contributed by atoms with E-state index in [1.807, 2.05) is 12.1 Å². The van der Waals surface area contributed by atoms with Gasteiger partial charge in [0.2, 0.25) is 5.91 Å². The van der Waals surface area contributed by atoms with Crippen LogP contribution in [0.3, 0.4) is 0 Å². The van der Waals surface area contributed by atoms with Gasteiger partial charge >= 0.3 is 0 Å². The van der Waals surface area contributed by atoms with E-state index in [9.17, 15) is 4.79 Å². The van der Waals surface area contributed by atoms with Crippen LogP contribution in [0.25, 0.3) is 0 Å². The fourth-order valence-electron chi connectivity index (χ4n) is 1.89. The van der Waals surface area contributed by atoms with E-state index in [4.69, 9.17) is 0 Å². The second-order valence-electron chi connectivity index (χ2n) is 4.95. The maximum absolute atomic E-state index is 11.6. The molecule has 0 aromatic heterocycles. The van der Waals surface area contributed by atoms with Crippen molar-refractivity contribution in [3.63, 3.8) is 0 Å². The normalized spacial score (nSPS) is 12.2. The summed E-state index contributed by atoms with van der Waals surface area (Å²) in [5.41, 5.74) is 2.13. The van der Waals surface area contributed by atoms with E-state index in [-0.39, 0.29) is 5.91 Å². The fraction of sp³-hybridized carbons (Fsp3) is 0.562. The molecule has 0 aliphatic carbocycles. The summed E-state index contributed by atoms with van der Waals surface area (Å²) in [5, 5.41) is 6.38. The number of nitrogens with one attached hydrogen (secondary N) is 2. The second-order valence-corrected chi connectivity index (χ2v) is 4.95. The van der Waals surface area contributed by atoms with E-state index < -0.39 is 0 Å². The van der Waals surface area contributed by atoms with E-state index in [1.165, 1.54) is 5.56 Å². The Morgan fingerprint density at radius 3 is 2.42 bits per heavy atom. The zero-order valence-corrected chi connectivity index (χ0v) is 12.3. The Morgan fingerprint density at radius 2 is 1.84 bits per heavy atom. The third kappa shape index (κ3) is 5.88. The average Bonchev–Trinajstić information content (AvgIpc) is 2.43. The number of anilines is 1. The first-order valence-electron chi connectivity index (χ1n) is 7.30. The molecule has 1 aromatic rings. The number of rotatable bonds is 8. The molecular weight excluding hydrogens is 236 g/mol. The van der Waals surface area contributed by atoms with E-state index in [1.54, 1.807) is 0 Å². The van der Waals surface area contributed by atoms with Gasteiger partial charge in [0.1, 0.15) is 0 Å². The van der Waals surface area contributed by atoms with Crippen molar-refractivity contribution >= 4 is 11.6 Å². The Labute approximate surface area is 116 Å². The van der Waals surface area contributed by atoms with Crippen LogP contribution in [-0.4, -0.2) is 12.5 Å². The molecule has 1 rings (SSSR count). The van der Waals surface area contributed by atoms with Gasteiger partial charge in [-0.3, -0.25) is 4.79 Å². The largest absolute Gasteiger partial charge is 0.326 e. The summed E-state index contributed by atoms with van der Waals surface area (Å²) in [6, 6.07) is 8.45. The SMILES string of the molecule is CCCCC(=O)Nc1ccc(C(C)NCCC)cc1. The highest BCUT2D eigenvalue weighted by Gasteiger charge is 2.05. The molecule has 1 atom stereocenters. The van der Waals surface area contributed by atoms with Gasteiger partial charge in [-0.15, -0.1) is 0 Å². The summed E-state index contributed by atoms with van der Waals surface area (Å²) in [5.74, 6) is 0.103. The Balaban J connectivity index is 2.49. The number of carbonyl (C=O) groups is 1. The van der Waals surface area contributed by atoms with Crippen molar-refractivity contribution in [1.29, 1.82) is 0 Å². The molecule has 3 nitrogen and oxygen atoms in total. The molecule has 1 aromatic carbocycles. The van der Waals surface area contributed by atoms with Crippen LogP contribution in [0.1, 0.15) is 58.1 Å². The van der Waals surface area contributed by atoms with E-state index in [0.29, 0.717) is 12.5 Å². The highest BCUT2D eigenvalue weighted by molar-refractivity contribution is 5.90. The number of unbranched alkanes of at least 4 members (excludes halogenated alkanes) is 1. The van der Waals surface area contributed by atoms with Crippen LogP contribution >= 0.6 is 0 Å². The van der Waals surface area contributed by atoms with Gasteiger partial charge < -0.3 is 10.6 Å². The number of hydrogen-bond acceptors (Lipinski definition) is 2. The monoisotopic (exact) mass is 262 g/mol. The van der Waals surface area contributed by atoms with Gasteiger partial charge in [-0.05, 0) is 44.0 Å². The van der Waals surface area contributed by atoms with Crippen LogP contribution in [0.4, 0.5) is 5.69 Å². The van der Waals surface area contributed by atoms with Gasteiger partial charge in [-0.2, -0.15) is 0 Å². The number of carbonyl (C=O) groups excluding carboxylic acids is 1. The summed E-state index contributed by atoms with van der Waals surface area (Å²) in [6.45, 7) is 7.43. The van der Waals surface area contributed by atoms with E-state index in [2.05, 4.69) is 43.5 Å². The molecule has 1 amide bonds. The Bertz CT molecular complexity index is 373. The molecular formula is C16H26N2O. The van der Waals surface area contributed by atoms with Gasteiger partial charge in [0.25, 0.3) is 0 Å². The van der Waals surface area contributed by atoms with Crippen LogP contribution in [-0.2, 0) is 4.79 Å². The lowest BCUT2D eigenvalue weighted by atomic mass is 10.1. The average molecular weight is 262 g/mol. The van der Waals surface area contributed by atoms with Crippen molar-refractivity contribution in [2.45, 2.75) is 52.5 Å². The Hall–Kier alpha value is -1.35. The first-order chi connectivity index (χ1) is 9.17. The third-order valence-corrected chi connectivity index (χ3v) is 3.15. The van der Waals surface area contributed by atoms with Crippen molar-refractivity contribution in [3.8, 4) is 0 Å². The van der Waals surface area contributed by atoms with Crippen LogP contribution in [0.5, 0.6) is 0 Å². The molecule has 2 N–H and O–H groups in total. The van der Waals surface area contributed by atoms with Gasteiger partial charge in [-0.25, -0.2) is 0 Å². The minimum Gasteiger partial charge on any atom is -0.326 e. The topological polar surface area (TPSA) is 41.1 Å². The third-order valence-electron chi connectivity index (χ3n) is 3.15. The summed E-state index contributed by atoms with van der Waals surface area (Å²) < 4.78 is 0. The molecule has 3 heteroatoms. The maximum Gasteiger partial charge on any atom is 0.224 e. The molecule has 19 heavy (non-hydrogen) atoms. The number of hydrogen-bond donors (Lipinski definition) is 2. The minimum absolute atomic E-state index is 0.103. The van der Waals surface area contributed by atoms with Gasteiger partial charge in [-0.1, -0.05) is 32.4 Å². The zero-order valence-electron chi connectivity index (χ0n) is 12.3. The molecule has 0 aliphatic rings. The Morgan fingerprint density at radius 1 is 1.16 bits per heavy atom. The Kier molecular flexibility index (Phi) is 7.19. The van der Waals surface area contributed by atoms with Crippen molar-refractivity contribution in [3.05, 3.63) is 29.8 Å². The van der Waals surface area contributed by atoms with E-state index in [0.717, 1.165) is 31.5 Å². The molecule has 0 bridgehead atoms. The molecule has 106 valence electrons. The van der Waals surface area contributed by atoms with Gasteiger partial charge in [0.15, 0.2) is 0 Å². The summed E-state index contributed by atoms with van der Waals surface area (Å²) in [4.78, 5) is 11.6. The summed E-state index contributed by atoms with van der Waals surface area (Å²) >= 11 is 0. The smallest absolute Gasteiger partial charge is 0.224 e. The lowest BCUT2D eigenvalue weighted by Crippen LogP contribution is -2.19. The van der Waals surface area contributed by atoms with Crippen LogP contribution in [0, 0.1) is 0 Å². The molecule has 0 radical (unpaired) electrons. The first-order valence-corrected chi connectivity index (χ1v) is 7.30. The minimum atomic E-state index is 0.103. The van der Waals surface area contributed by atoms with Gasteiger partial charge in [0, 0.05) is 18.2 Å². The predicted octanol–water partition coefficient (Wildman–Crippen LogP) is 3.88. The molecule has 0 heterocycles. The van der Waals surface area contributed by atoms with E-state index >= 15 is 0 Å². The van der Waals surface area contributed by atoms with Crippen LogP contribution < -0.4 is 10.6 Å². The number of benzene rings is 1. The standard InChI is InChI=1S/C16H26N2O/c1-4-6-7-16(19)18-15-10-8-14(9-11-15)13(3)17-12-5-2/h8-11,13,17H,4-7,12H2,1-3H3,(H,18,19). The second kappa shape index (κ2) is 8.70. The molecule has 0 spiro atoms. The lowest BCUT2D eigenvalue weighted by Gasteiger charge is -2.14. The van der Waals surface area contributed by atoms with Gasteiger partial charge in [0.05, 0.1) is 0 Å². The molecule has 0 saturated carbocycles. The van der Waals surface area contributed by atoms with Crippen molar-refractivity contribution in [2.24, 2.45) is 0 Å². The summed E-state index contributed by atoms with van der Waals surface area (Å²) in [7, 11) is 0. The van der Waals surface area contributed by atoms with Crippen LogP contribution in [0.15, 0.2) is 24.3 Å². The maximum atomic E-state index is 11.6. The molecule has 0 aliphatic heterocycles. The van der Waals surface area contributed by atoms with Crippen molar-refractivity contribution in [1.82, 2.24) is 5.32 Å². The predicted molar refractivity (Wildman–Crippen MR) is 81.3 cm³/mol. The highest BCUT2D eigenvalue weighted by Crippen LogP contribution is 2.16. The zero-order chi connectivity index (χ0) is 14.1. The lowest BCUT2D eigenvalue weighted by molar-refractivity contribution is -0.116. The molecule has 1 unspecified atom stereocenters. The summed E-state index contributed by atoms with van der Waals surface area (Å²) in [6.07, 6.45) is 3.73. The quantitative estimate of drug-likeness (QED) is 0.746. The van der Waals surface area contributed by atoms with Crippen molar-refractivity contribution in [2.75, 3.05) is 11.9 Å². The number of amides is 1. The van der Waals surface area contributed by atoms with Crippen molar-refractivity contribution < 1.29 is 4.79 Å². The fourth-order valence-corrected chi connectivity index (χ4v) is 1.89. The highest BCUT2D eigenvalue weighted by atomic mass is 16.1.